The molecular formula is C13H24BN5O2. The molecule has 0 aromatic carbocycles. The van der Waals surface area contributed by atoms with Gasteiger partial charge in [0.25, 0.3) is 0 Å². The molecule has 0 aromatic rings. The van der Waals surface area contributed by atoms with Crippen LogP contribution in [0.15, 0.2) is 11.2 Å². The summed E-state index contributed by atoms with van der Waals surface area (Å²) in [5.41, 5.74) is 5.54. The molecule has 1 fully saturated rings. The van der Waals surface area contributed by atoms with Gasteiger partial charge in [-0.1, -0.05) is 0 Å². The third-order valence-corrected chi connectivity index (χ3v) is 3.88. The van der Waals surface area contributed by atoms with Gasteiger partial charge in [-0.15, -0.1) is 0 Å². The Morgan fingerprint density at radius 2 is 1.43 bits per heavy atom. The van der Waals surface area contributed by atoms with E-state index in [1.807, 2.05) is 27.7 Å². The highest BCUT2D eigenvalue weighted by Crippen LogP contribution is 2.39. The Morgan fingerprint density at radius 1 is 1.00 bits per heavy atom. The molecule has 0 saturated carbocycles. The van der Waals surface area contributed by atoms with Crippen molar-refractivity contribution in [2.24, 2.45) is 5.73 Å². The highest BCUT2D eigenvalue weighted by molar-refractivity contribution is 6.62. The predicted molar refractivity (Wildman–Crippen MR) is 85.0 cm³/mol. The number of hydrogen-bond acceptors (Lipinski definition) is 5. The number of rotatable bonds is 3. The minimum atomic E-state index is -0.695. The first-order valence-corrected chi connectivity index (χ1v) is 6.71. The van der Waals surface area contributed by atoms with Crippen LogP contribution in [-0.2, 0) is 9.31 Å². The van der Waals surface area contributed by atoms with Crippen molar-refractivity contribution in [3.8, 4) is 0 Å². The van der Waals surface area contributed by atoms with Crippen LogP contribution in [0.1, 0.15) is 41.5 Å². The van der Waals surface area contributed by atoms with Crippen LogP contribution in [0.2, 0.25) is 0 Å². The molecule has 8 heteroatoms. The monoisotopic (exact) mass is 293 g/mol. The van der Waals surface area contributed by atoms with Crippen molar-refractivity contribution >= 4 is 24.5 Å². The van der Waals surface area contributed by atoms with Crippen LogP contribution < -0.4 is 11.1 Å². The van der Waals surface area contributed by atoms with Crippen LogP contribution in [0.3, 0.4) is 0 Å². The van der Waals surface area contributed by atoms with Gasteiger partial charge in [-0.25, -0.2) is 0 Å². The maximum Gasteiger partial charge on any atom is 0.498 e. The molecule has 7 nitrogen and oxygen atoms in total. The zero-order chi connectivity index (χ0) is 16.6. The fourth-order valence-corrected chi connectivity index (χ4v) is 1.92. The second kappa shape index (κ2) is 5.61. The second-order valence-corrected chi connectivity index (χ2v) is 6.17. The largest absolute Gasteiger partial charge is 0.498 e. The maximum absolute atomic E-state index is 7.94. The highest BCUT2D eigenvalue weighted by atomic mass is 16.7. The van der Waals surface area contributed by atoms with Crippen molar-refractivity contribution in [1.82, 2.24) is 5.32 Å². The zero-order valence-electron chi connectivity index (χ0n) is 13.5. The molecule has 21 heavy (non-hydrogen) atoms. The van der Waals surface area contributed by atoms with E-state index in [0.717, 1.165) is 0 Å². The van der Waals surface area contributed by atoms with Gasteiger partial charge in [-0.2, -0.15) is 0 Å². The standard InChI is InChI=1S/C13H24BN5O2/c1-7(15)9(8(2)19-11(18)10(16)17)14-20-12(3,4)13(5,6)21-14/h15H,1-6H3,(H3,16,17)(H2,18,19)/b9-8+,15-7?. The van der Waals surface area contributed by atoms with Crippen LogP contribution in [0.5, 0.6) is 0 Å². The molecule has 1 aliphatic heterocycles. The van der Waals surface area contributed by atoms with Gasteiger partial charge < -0.3 is 25.8 Å². The fourth-order valence-electron chi connectivity index (χ4n) is 1.92. The van der Waals surface area contributed by atoms with Gasteiger partial charge in [0.2, 0.25) is 0 Å². The minimum absolute atomic E-state index is 0.220. The molecule has 0 unspecified atom stereocenters. The Balaban J connectivity index is 3.12. The van der Waals surface area contributed by atoms with Gasteiger partial charge in [0, 0.05) is 16.9 Å². The van der Waals surface area contributed by atoms with Gasteiger partial charge in [-0.05, 0) is 41.5 Å². The summed E-state index contributed by atoms with van der Waals surface area (Å²) >= 11 is 0. The van der Waals surface area contributed by atoms with Gasteiger partial charge in [0.15, 0.2) is 11.7 Å². The average molecular weight is 293 g/mol. The van der Waals surface area contributed by atoms with Gasteiger partial charge in [0.05, 0.1) is 11.2 Å². The van der Waals surface area contributed by atoms with Crippen molar-refractivity contribution in [3.05, 3.63) is 11.2 Å². The normalized spacial score (nSPS) is 20.8. The zero-order valence-corrected chi connectivity index (χ0v) is 13.5. The van der Waals surface area contributed by atoms with Gasteiger partial charge in [0.1, 0.15) is 0 Å². The van der Waals surface area contributed by atoms with Crippen LogP contribution in [0, 0.1) is 16.2 Å². The molecule has 0 radical (unpaired) electrons. The average Bonchev–Trinajstić information content (AvgIpc) is 2.46. The van der Waals surface area contributed by atoms with Gasteiger partial charge >= 0.3 is 7.12 Å². The first-order chi connectivity index (χ1) is 9.39. The summed E-state index contributed by atoms with van der Waals surface area (Å²) < 4.78 is 11.9. The minimum Gasteiger partial charge on any atom is -0.399 e. The molecule has 0 atom stereocenters. The summed E-state index contributed by atoms with van der Waals surface area (Å²) in [6.45, 7) is 11.1. The lowest BCUT2D eigenvalue weighted by molar-refractivity contribution is 0.00578. The van der Waals surface area contributed by atoms with E-state index in [9.17, 15) is 0 Å². The van der Waals surface area contributed by atoms with E-state index >= 15 is 0 Å². The van der Waals surface area contributed by atoms with Crippen molar-refractivity contribution in [3.63, 3.8) is 0 Å². The second-order valence-electron chi connectivity index (χ2n) is 6.17. The Labute approximate surface area is 125 Å². The fraction of sp³-hybridized carbons (Fsp3) is 0.615. The molecule has 1 heterocycles. The van der Waals surface area contributed by atoms with E-state index < -0.39 is 18.3 Å². The number of allylic oxidation sites excluding steroid dienone is 2. The van der Waals surface area contributed by atoms with Crippen molar-refractivity contribution in [1.29, 1.82) is 16.2 Å². The van der Waals surface area contributed by atoms with E-state index in [4.69, 9.17) is 31.3 Å². The summed E-state index contributed by atoms with van der Waals surface area (Å²) in [4.78, 5) is 0. The first-order valence-electron chi connectivity index (χ1n) is 6.71. The SMILES string of the molecule is CC(=N)/C(B1OC(C)(C)C(C)(C)O1)=C(/C)NC(=N)C(=N)N. The van der Waals surface area contributed by atoms with Crippen LogP contribution in [0.25, 0.3) is 0 Å². The molecular weight excluding hydrogens is 269 g/mol. The van der Waals surface area contributed by atoms with Crippen molar-refractivity contribution < 1.29 is 9.31 Å². The summed E-state index contributed by atoms with van der Waals surface area (Å²) in [6, 6.07) is 0. The topological polar surface area (TPSA) is 128 Å². The molecule has 0 spiro atoms. The first kappa shape index (κ1) is 17.4. The highest BCUT2D eigenvalue weighted by Gasteiger charge is 2.53. The number of nitrogens with one attached hydrogen (secondary N) is 4. The summed E-state index contributed by atoms with van der Waals surface area (Å²) in [7, 11) is -0.695. The molecule has 1 aliphatic rings. The molecule has 1 rings (SSSR count). The Kier molecular flexibility index (Phi) is 4.65. The van der Waals surface area contributed by atoms with Crippen LogP contribution in [0.4, 0.5) is 0 Å². The molecule has 6 N–H and O–H groups in total. The van der Waals surface area contributed by atoms with Crippen LogP contribution in [-0.4, -0.2) is 35.7 Å². The lowest BCUT2D eigenvalue weighted by atomic mass is 9.74. The molecule has 0 bridgehead atoms. The number of hydrogen-bond donors (Lipinski definition) is 5. The molecule has 0 aliphatic carbocycles. The lowest BCUT2D eigenvalue weighted by Crippen LogP contribution is -2.41. The predicted octanol–water partition coefficient (Wildman–Crippen LogP) is 1.43. The van der Waals surface area contributed by atoms with Crippen LogP contribution >= 0.6 is 0 Å². The lowest BCUT2D eigenvalue weighted by Gasteiger charge is -2.32. The summed E-state index contributed by atoms with van der Waals surface area (Å²) in [5.74, 6) is -0.590. The Morgan fingerprint density at radius 3 is 1.76 bits per heavy atom. The quantitative estimate of drug-likeness (QED) is 0.306. The summed E-state index contributed by atoms with van der Waals surface area (Å²) in [6.07, 6.45) is 0. The van der Waals surface area contributed by atoms with E-state index in [0.29, 0.717) is 11.2 Å². The van der Waals surface area contributed by atoms with E-state index in [-0.39, 0.29) is 17.4 Å². The molecule has 116 valence electrons. The molecule has 0 amide bonds. The summed E-state index contributed by atoms with van der Waals surface area (Å²) in [5, 5.41) is 25.5. The van der Waals surface area contributed by atoms with E-state index in [1.165, 1.54) is 0 Å². The Hall–Kier alpha value is -1.67. The Bertz CT molecular complexity index is 509. The third-order valence-electron chi connectivity index (χ3n) is 3.88. The van der Waals surface area contributed by atoms with Gasteiger partial charge in [-0.3, -0.25) is 10.8 Å². The van der Waals surface area contributed by atoms with E-state index in [2.05, 4.69) is 5.32 Å². The van der Waals surface area contributed by atoms with Crippen molar-refractivity contribution in [2.75, 3.05) is 0 Å². The van der Waals surface area contributed by atoms with Crippen molar-refractivity contribution in [2.45, 2.75) is 52.7 Å². The van der Waals surface area contributed by atoms with E-state index in [1.54, 1.807) is 13.8 Å². The smallest absolute Gasteiger partial charge is 0.399 e. The number of amidine groups is 2. The molecule has 0 aromatic heterocycles. The molecule has 1 saturated heterocycles. The maximum atomic E-state index is 7.94. The number of nitrogens with two attached hydrogens (primary N) is 1. The third kappa shape index (κ3) is 3.51.